The molecule has 7 nitrogen and oxygen atoms in total. The number of ether oxygens (including phenoxy) is 1. The van der Waals surface area contributed by atoms with Crippen LogP contribution < -0.4 is 5.56 Å². The summed E-state index contributed by atoms with van der Waals surface area (Å²) >= 11 is 5.97. The Morgan fingerprint density at radius 3 is 2.73 bits per heavy atom. The van der Waals surface area contributed by atoms with Crippen molar-refractivity contribution in [1.82, 2.24) is 19.0 Å². The van der Waals surface area contributed by atoms with Crippen molar-refractivity contribution in [2.75, 3.05) is 26.8 Å². The summed E-state index contributed by atoms with van der Waals surface area (Å²) in [5.74, 6) is -0.628. The van der Waals surface area contributed by atoms with E-state index in [0.717, 1.165) is 25.9 Å². The van der Waals surface area contributed by atoms with Crippen molar-refractivity contribution in [2.45, 2.75) is 25.9 Å². The molecule has 2 aromatic heterocycles. The van der Waals surface area contributed by atoms with E-state index in [4.69, 9.17) is 16.3 Å². The molecule has 3 heterocycles. The van der Waals surface area contributed by atoms with Crippen molar-refractivity contribution in [1.29, 1.82) is 0 Å². The molecule has 30 heavy (non-hydrogen) atoms. The smallest absolute Gasteiger partial charge is 0.263 e. The first-order chi connectivity index (χ1) is 14.5. The molecule has 1 fully saturated rings. The zero-order valence-electron chi connectivity index (χ0n) is 16.6. The highest BCUT2D eigenvalue weighted by Crippen LogP contribution is 2.30. The highest BCUT2D eigenvalue weighted by Gasteiger charge is 2.21. The van der Waals surface area contributed by atoms with Crippen LogP contribution in [-0.4, -0.2) is 51.7 Å². The van der Waals surface area contributed by atoms with Gasteiger partial charge >= 0.3 is 0 Å². The number of fused-ring (bicyclic) bond motifs is 1. The van der Waals surface area contributed by atoms with Gasteiger partial charge in [0.2, 0.25) is 5.91 Å². The second kappa shape index (κ2) is 8.57. The minimum Gasteiger partial charge on any atom is -0.383 e. The number of nitrogens with zero attached hydrogens (tertiary/aromatic N) is 4. The minimum atomic E-state index is -0.532. The molecule has 1 aromatic carbocycles. The lowest BCUT2D eigenvalue weighted by Gasteiger charge is -2.15. The van der Waals surface area contributed by atoms with E-state index in [1.807, 2.05) is 4.57 Å². The van der Waals surface area contributed by atoms with E-state index in [9.17, 15) is 14.0 Å². The number of methoxy groups -OCH3 is 1. The van der Waals surface area contributed by atoms with Crippen molar-refractivity contribution >= 4 is 28.5 Å². The van der Waals surface area contributed by atoms with Crippen LogP contribution in [0.15, 0.2) is 35.5 Å². The van der Waals surface area contributed by atoms with Crippen LogP contribution in [0.25, 0.3) is 22.2 Å². The quantitative estimate of drug-likeness (QED) is 0.600. The molecule has 0 spiro atoms. The summed E-state index contributed by atoms with van der Waals surface area (Å²) in [5, 5.41) is 0.337. The number of aromatic nitrogens is 3. The first kappa shape index (κ1) is 20.6. The molecule has 1 aliphatic rings. The van der Waals surface area contributed by atoms with Crippen LogP contribution in [-0.2, 0) is 22.6 Å². The zero-order chi connectivity index (χ0) is 21.3. The first-order valence-corrected chi connectivity index (χ1v) is 10.2. The molecule has 1 saturated heterocycles. The Balaban J connectivity index is 1.81. The van der Waals surface area contributed by atoms with E-state index < -0.39 is 5.82 Å². The fraction of sp³-hybridized carbons (Fsp3) is 0.381. The molecule has 1 aliphatic heterocycles. The van der Waals surface area contributed by atoms with Gasteiger partial charge in [0, 0.05) is 38.5 Å². The van der Waals surface area contributed by atoms with E-state index in [0.29, 0.717) is 35.3 Å². The van der Waals surface area contributed by atoms with Gasteiger partial charge < -0.3 is 14.2 Å². The van der Waals surface area contributed by atoms with Crippen molar-refractivity contribution < 1.29 is 13.9 Å². The number of likely N-dealkylation sites (tertiary alicyclic amines) is 1. The normalized spacial score (nSPS) is 14.0. The Kier molecular flexibility index (Phi) is 5.87. The van der Waals surface area contributed by atoms with Crippen LogP contribution in [0.2, 0.25) is 5.02 Å². The third kappa shape index (κ3) is 3.85. The molecule has 0 bridgehead atoms. The molecule has 0 atom stereocenters. The van der Waals surface area contributed by atoms with Crippen molar-refractivity contribution in [2.24, 2.45) is 0 Å². The largest absolute Gasteiger partial charge is 0.383 e. The van der Waals surface area contributed by atoms with Gasteiger partial charge in [0.15, 0.2) is 0 Å². The summed E-state index contributed by atoms with van der Waals surface area (Å²) in [5.41, 5.74) is 1.35. The van der Waals surface area contributed by atoms with Crippen LogP contribution >= 0.6 is 11.6 Å². The standard InChI is InChI=1S/C21H22ClFN4O3/c1-30-9-8-26-11-15(14-4-5-17(23)16(22)10-14)19-20(26)24-13-27(21(19)29)12-18(28)25-6-2-3-7-25/h4-5,10-11,13H,2-3,6-9,12H2,1H3. The van der Waals surface area contributed by atoms with Gasteiger partial charge in [-0.25, -0.2) is 9.37 Å². The maximum Gasteiger partial charge on any atom is 0.263 e. The van der Waals surface area contributed by atoms with Crippen molar-refractivity contribution in [3.05, 3.63) is 51.9 Å². The summed E-state index contributed by atoms with van der Waals surface area (Å²) in [6.45, 7) is 2.30. The summed E-state index contributed by atoms with van der Waals surface area (Å²) < 4.78 is 22.0. The van der Waals surface area contributed by atoms with Gasteiger partial charge in [0.25, 0.3) is 5.56 Å². The Morgan fingerprint density at radius 2 is 2.03 bits per heavy atom. The predicted molar refractivity (Wildman–Crippen MR) is 112 cm³/mol. The van der Waals surface area contributed by atoms with E-state index in [1.165, 1.54) is 23.0 Å². The Bertz CT molecular complexity index is 1150. The minimum absolute atomic E-state index is 0.0290. The van der Waals surface area contributed by atoms with Gasteiger partial charge in [-0.3, -0.25) is 14.2 Å². The molecular formula is C21H22ClFN4O3. The number of benzene rings is 1. The monoisotopic (exact) mass is 432 g/mol. The SMILES string of the molecule is COCCn1cc(-c2ccc(F)c(Cl)c2)c2c(=O)n(CC(=O)N3CCCC3)cnc21. The number of amides is 1. The second-order valence-corrected chi connectivity index (χ2v) is 7.73. The van der Waals surface area contributed by atoms with Gasteiger partial charge in [-0.15, -0.1) is 0 Å². The topological polar surface area (TPSA) is 69.4 Å². The zero-order valence-corrected chi connectivity index (χ0v) is 17.4. The van der Waals surface area contributed by atoms with Crippen LogP contribution in [0.1, 0.15) is 12.8 Å². The molecule has 1 amide bonds. The predicted octanol–water partition coefficient (Wildman–Crippen LogP) is 2.93. The molecule has 0 radical (unpaired) electrons. The van der Waals surface area contributed by atoms with E-state index in [1.54, 1.807) is 24.3 Å². The average Bonchev–Trinajstić information content (AvgIpc) is 3.39. The summed E-state index contributed by atoms with van der Waals surface area (Å²) in [6, 6.07) is 4.32. The third-order valence-electron chi connectivity index (χ3n) is 5.38. The van der Waals surface area contributed by atoms with E-state index >= 15 is 0 Å². The fourth-order valence-electron chi connectivity index (χ4n) is 3.78. The van der Waals surface area contributed by atoms with E-state index in [2.05, 4.69) is 4.98 Å². The maximum atomic E-state index is 13.7. The van der Waals surface area contributed by atoms with Crippen LogP contribution in [0.3, 0.4) is 0 Å². The van der Waals surface area contributed by atoms with Gasteiger partial charge in [0.1, 0.15) is 24.3 Å². The van der Waals surface area contributed by atoms with Gasteiger partial charge in [-0.2, -0.15) is 0 Å². The lowest BCUT2D eigenvalue weighted by Crippen LogP contribution is -2.34. The lowest BCUT2D eigenvalue weighted by atomic mass is 10.1. The average molecular weight is 433 g/mol. The Morgan fingerprint density at radius 1 is 1.27 bits per heavy atom. The number of carbonyl (C=O) groups is 1. The van der Waals surface area contributed by atoms with Crippen LogP contribution in [0.4, 0.5) is 4.39 Å². The summed E-state index contributed by atoms with van der Waals surface area (Å²) in [7, 11) is 1.59. The lowest BCUT2D eigenvalue weighted by molar-refractivity contribution is -0.130. The molecule has 0 aliphatic carbocycles. The Labute approximate surface area is 177 Å². The fourth-order valence-corrected chi connectivity index (χ4v) is 3.96. The second-order valence-electron chi connectivity index (χ2n) is 7.32. The molecule has 4 rings (SSSR count). The van der Waals surface area contributed by atoms with Crippen molar-refractivity contribution in [3.8, 4) is 11.1 Å². The Hall–Kier alpha value is -2.71. The van der Waals surface area contributed by atoms with Gasteiger partial charge in [-0.05, 0) is 30.5 Å². The molecule has 158 valence electrons. The molecule has 9 heteroatoms. The third-order valence-corrected chi connectivity index (χ3v) is 5.67. The van der Waals surface area contributed by atoms with E-state index in [-0.39, 0.29) is 23.0 Å². The molecular weight excluding hydrogens is 411 g/mol. The molecule has 0 unspecified atom stereocenters. The van der Waals surface area contributed by atoms with Crippen LogP contribution in [0.5, 0.6) is 0 Å². The summed E-state index contributed by atoms with van der Waals surface area (Å²) in [6.07, 6.45) is 5.16. The molecule has 3 aromatic rings. The number of carbonyl (C=O) groups excluding carboxylic acids is 1. The maximum absolute atomic E-state index is 13.7. The highest BCUT2D eigenvalue weighted by atomic mass is 35.5. The summed E-state index contributed by atoms with van der Waals surface area (Å²) in [4.78, 5) is 32.1. The van der Waals surface area contributed by atoms with Gasteiger partial charge in [-0.1, -0.05) is 17.7 Å². The van der Waals surface area contributed by atoms with Crippen molar-refractivity contribution in [3.63, 3.8) is 0 Å². The number of halogens is 2. The first-order valence-electron chi connectivity index (χ1n) is 9.80. The van der Waals surface area contributed by atoms with Gasteiger partial charge in [0.05, 0.1) is 17.0 Å². The highest BCUT2D eigenvalue weighted by molar-refractivity contribution is 6.31. The molecule has 0 saturated carbocycles. The number of rotatable bonds is 6. The number of hydrogen-bond acceptors (Lipinski definition) is 4. The molecule has 0 N–H and O–H groups in total. The van der Waals surface area contributed by atoms with Crippen LogP contribution in [0, 0.1) is 5.82 Å². The number of hydrogen-bond donors (Lipinski definition) is 0.